The highest BCUT2D eigenvalue weighted by molar-refractivity contribution is 7.89. The second-order valence-corrected chi connectivity index (χ2v) is 9.31. The van der Waals surface area contributed by atoms with E-state index in [-0.39, 0.29) is 11.4 Å². The molecule has 3 rings (SSSR count). The molecule has 1 amide bonds. The smallest absolute Gasteiger partial charge is 0.255 e. The van der Waals surface area contributed by atoms with E-state index >= 15 is 0 Å². The molecule has 1 N–H and O–H groups in total. The first-order valence-corrected chi connectivity index (χ1v) is 11.4. The van der Waals surface area contributed by atoms with Crippen molar-refractivity contribution in [2.45, 2.75) is 11.4 Å². The molecule has 0 aliphatic carbocycles. The van der Waals surface area contributed by atoms with Crippen molar-refractivity contribution in [3.63, 3.8) is 0 Å². The van der Waals surface area contributed by atoms with Crippen molar-refractivity contribution < 1.29 is 13.2 Å². The second kappa shape index (κ2) is 10.5. The molecule has 3 aromatic carbocycles. The third kappa shape index (κ3) is 6.38. The normalized spacial score (nSPS) is 11.7. The van der Waals surface area contributed by atoms with Gasteiger partial charge in [-0.25, -0.2) is 13.8 Å². The van der Waals surface area contributed by atoms with Gasteiger partial charge in [-0.3, -0.25) is 4.79 Å². The van der Waals surface area contributed by atoms with E-state index in [0.717, 1.165) is 9.87 Å². The number of sulfonamides is 1. The molecule has 6 nitrogen and oxygen atoms in total. The second-order valence-electron chi connectivity index (χ2n) is 6.53. The number of hydrogen-bond donors (Lipinski definition) is 1. The predicted molar refractivity (Wildman–Crippen MR) is 123 cm³/mol. The van der Waals surface area contributed by atoms with E-state index in [4.69, 9.17) is 23.2 Å². The highest BCUT2D eigenvalue weighted by Crippen LogP contribution is 2.20. The van der Waals surface area contributed by atoms with E-state index in [2.05, 4.69) is 10.5 Å². The fraction of sp³-hybridized carbons (Fsp3) is 0.0909. The molecule has 31 heavy (non-hydrogen) atoms. The zero-order valence-electron chi connectivity index (χ0n) is 16.3. The van der Waals surface area contributed by atoms with Crippen LogP contribution in [0.4, 0.5) is 0 Å². The summed E-state index contributed by atoms with van der Waals surface area (Å²) >= 11 is 11.9. The first-order chi connectivity index (χ1) is 14.9. The number of nitrogens with zero attached hydrogens (tertiary/aromatic N) is 2. The van der Waals surface area contributed by atoms with Gasteiger partial charge in [-0.15, -0.1) is 0 Å². The number of carbonyl (C=O) groups is 1. The summed E-state index contributed by atoms with van der Waals surface area (Å²) in [7, 11) is -3.90. The van der Waals surface area contributed by atoms with E-state index in [0.29, 0.717) is 15.6 Å². The fourth-order valence-electron chi connectivity index (χ4n) is 2.73. The van der Waals surface area contributed by atoms with E-state index in [1.54, 1.807) is 48.5 Å². The van der Waals surface area contributed by atoms with Crippen molar-refractivity contribution in [3.8, 4) is 0 Å². The van der Waals surface area contributed by atoms with Crippen LogP contribution in [0.1, 0.15) is 11.1 Å². The van der Waals surface area contributed by atoms with Gasteiger partial charge in [0.05, 0.1) is 22.7 Å². The minimum atomic E-state index is -3.90. The first-order valence-electron chi connectivity index (χ1n) is 9.22. The van der Waals surface area contributed by atoms with Gasteiger partial charge >= 0.3 is 0 Å². The Morgan fingerprint density at radius 3 is 2.26 bits per heavy atom. The lowest BCUT2D eigenvalue weighted by atomic mass is 10.2. The van der Waals surface area contributed by atoms with Crippen LogP contribution >= 0.6 is 23.2 Å². The van der Waals surface area contributed by atoms with Gasteiger partial charge in [0.25, 0.3) is 5.91 Å². The molecule has 0 radical (unpaired) electrons. The molecule has 0 unspecified atom stereocenters. The summed E-state index contributed by atoms with van der Waals surface area (Å²) in [5.41, 5.74) is 3.66. The van der Waals surface area contributed by atoms with E-state index < -0.39 is 22.5 Å². The maximum Gasteiger partial charge on any atom is 0.255 e. The average molecular weight is 476 g/mol. The van der Waals surface area contributed by atoms with Crippen molar-refractivity contribution in [1.29, 1.82) is 0 Å². The number of benzene rings is 3. The summed E-state index contributed by atoms with van der Waals surface area (Å²) in [4.78, 5) is 12.6. The number of hydrogen-bond acceptors (Lipinski definition) is 4. The van der Waals surface area contributed by atoms with Crippen LogP contribution in [0.15, 0.2) is 88.9 Å². The van der Waals surface area contributed by atoms with Crippen LogP contribution in [0.5, 0.6) is 0 Å². The number of amides is 1. The monoisotopic (exact) mass is 475 g/mol. The average Bonchev–Trinajstić information content (AvgIpc) is 2.76. The Morgan fingerprint density at radius 2 is 1.61 bits per heavy atom. The number of carbonyl (C=O) groups excluding carboxylic acids is 1. The molecular formula is C22H19Cl2N3O3S. The van der Waals surface area contributed by atoms with Gasteiger partial charge in [-0.05, 0) is 29.8 Å². The minimum Gasteiger partial charge on any atom is -0.272 e. The maximum atomic E-state index is 13.1. The lowest BCUT2D eigenvalue weighted by molar-refractivity contribution is -0.121. The van der Waals surface area contributed by atoms with E-state index in [1.165, 1.54) is 18.3 Å². The number of nitrogens with one attached hydrogen (secondary N) is 1. The van der Waals surface area contributed by atoms with Crippen LogP contribution in [0.25, 0.3) is 0 Å². The first kappa shape index (κ1) is 23.0. The standard InChI is InChI=1S/C22H19Cl2N3O3S/c23-19-12-11-18(21(24)13-19)14-25-26-22(28)16-27(15-17-7-3-1-4-8-17)31(29,30)20-9-5-2-6-10-20/h1-14H,15-16H2,(H,26,28). The van der Waals surface area contributed by atoms with Crippen molar-refractivity contribution in [3.05, 3.63) is 100 Å². The summed E-state index contributed by atoms with van der Waals surface area (Å²) in [5.74, 6) is -0.586. The quantitative estimate of drug-likeness (QED) is 0.388. The zero-order valence-corrected chi connectivity index (χ0v) is 18.6. The van der Waals surface area contributed by atoms with Crippen LogP contribution < -0.4 is 5.43 Å². The predicted octanol–water partition coefficient (Wildman–Crippen LogP) is 4.33. The van der Waals surface area contributed by atoms with Crippen molar-refractivity contribution >= 4 is 45.3 Å². The number of hydrazone groups is 1. The fourth-order valence-corrected chi connectivity index (χ4v) is 4.59. The lowest BCUT2D eigenvalue weighted by Crippen LogP contribution is -2.39. The van der Waals surface area contributed by atoms with Crippen molar-refractivity contribution in [1.82, 2.24) is 9.73 Å². The molecule has 0 bridgehead atoms. The highest BCUT2D eigenvalue weighted by atomic mass is 35.5. The van der Waals surface area contributed by atoms with Crippen molar-refractivity contribution in [2.75, 3.05) is 6.54 Å². The molecule has 0 saturated carbocycles. The molecule has 160 valence electrons. The molecule has 0 aliphatic heterocycles. The molecule has 3 aromatic rings. The Kier molecular flexibility index (Phi) is 7.81. The molecule has 0 saturated heterocycles. The largest absolute Gasteiger partial charge is 0.272 e. The van der Waals surface area contributed by atoms with Crippen LogP contribution in [-0.4, -0.2) is 31.4 Å². The number of halogens is 2. The highest BCUT2D eigenvalue weighted by Gasteiger charge is 2.26. The minimum absolute atomic E-state index is 0.0399. The van der Waals surface area contributed by atoms with Crippen molar-refractivity contribution in [2.24, 2.45) is 5.10 Å². The van der Waals surface area contributed by atoms with Gasteiger partial charge < -0.3 is 0 Å². The summed E-state index contributed by atoms with van der Waals surface area (Å²) in [6.07, 6.45) is 1.36. The lowest BCUT2D eigenvalue weighted by Gasteiger charge is -2.21. The zero-order chi connectivity index (χ0) is 22.3. The Hall–Kier alpha value is -2.71. The van der Waals surface area contributed by atoms with Crippen LogP contribution in [0, 0.1) is 0 Å². The van der Waals surface area contributed by atoms with Gasteiger partial charge in [0.1, 0.15) is 0 Å². The molecular weight excluding hydrogens is 457 g/mol. The molecule has 0 spiro atoms. The SMILES string of the molecule is O=C(CN(Cc1ccccc1)S(=O)(=O)c1ccccc1)NN=Cc1ccc(Cl)cc1Cl. The van der Waals surface area contributed by atoms with Gasteiger partial charge in [-0.2, -0.15) is 9.41 Å². The van der Waals surface area contributed by atoms with E-state index in [1.807, 2.05) is 18.2 Å². The number of rotatable bonds is 8. The Labute approximate surface area is 191 Å². The van der Waals surface area contributed by atoms with Gasteiger partial charge in [0, 0.05) is 17.1 Å². The Bertz CT molecular complexity index is 1170. The van der Waals surface area contributed by atoms with Crippen LogP contribution in [0.3, 0.4) is 0 Å². The molecule has 9 heteroatoms. The van der Waals surface area contributed by atoms with Crippen LogP contribution in [0.2, 0.25) is 10.0 Å². The van der Waals surface area contributed by atoms with Gasteiger partial charge in [-0.1, -0.05) is 77.8 Å². The summed E-state index contributed by atoms with van der Waals surface area (Å²) in [5, 5.41) is 4.73. The summed E-state index contributed by atoms with van der Waals surface area (Å²) in [6.45, 7) is -0.365. The topological polar surface area (TPSA) is 78.8 Å². The molecule has 0 heterocycles. The maximum absolute atomic E-state index is 13.1. The molecule has 0 aromatic heterocycles. The van der Waals surface area contributed by atoms with Gasteiger partial charge in [0.15, 0.2) is 0 Å². The third-order valence-electron chi connectivity index (χ3n) is 4.26. The molecule has 0 aliphatic rings. The Balaban J connectivity index is 1.76. The third-order valence-corrected chi connectivity index (χ3v) is 6.63. The van der Waals surface area contributed by atoms with Crippen LogP contribution in [-0.2, 0) is 21.4 Å². The Morgan fingerprint density at radius 1 is 0.968 bits per heavy atom. The van der Waals surface area contributed by atoms with E-state index in [9.17, 15) is 13.2 Å². The van der Waals surface area contributed by atoms with Gasteiger partial charge in [0.2, 0.25) is 10.0 Å². The summed E-state index contributed by atoms with van der Waals surface area (Å²) < 4.78 is 27.4. The molecule has 0 atom stereocenters. The molecule has 0 fully saturated rings. The summed E-state index contributed by atoms with van der Waals surface area (Å²) in [6, 6.07) is 21.9.